The Kier molecular flexibility index (Phi) is 10.6. The van der Waals surface area contributed by atoms with E-state index >= 15 is 0 Å². The number of nitrogens with one attached hydrogen (secondary N) is 1. The zero-order chi connectivity index (χ0) is 30.1. The highest BCUT2D eigenvalue weighted by atomic mass is 79.9. The molecule has 1 heterocycles. The first-order valence-electron chi connectivity index (χ1n) is 13.7. The van der Waals surface area contributed by atoms with Crippen LogP contribution in [-0.4, -0.2) is 42.6 Å². The molecule has 3 aromatic carbocycles. The molecule has 0 radical (unpaired) electrons. The van der Waals surface area contributed by atoms with Crippen LogP contribution < -0.4 is 24.3 Å². The lowest BCUT2D eigenvalue weighted by atomic mass is 10.1. The van der Waals surface area contributed by atoms with Gasteiger partial charge in [-0.25, -0.2) is 4.79 Å². The number of ether oxygens (including phenoxy) is 4. The summed E-state index contributed by atoms with van der Waals surface area (Å²) in [5.74, 6) is 0.544. The van der Waals surface area contributed by atoms with Crippen LogP contribution in [0.4, 0.5) is 4.79 Å². The van der Waals surface area contributed by atoms with Crippen molar-refractivity contribution >= 4 is 39.9 Å². The Bertz CT molecular complexity index is 1470. The third-order valence-electron chi connectivity index (χ3n) is 6.16. The van der Waals surface area contributed by atoms with Crippen LogP contribution in [0, 0.1) is 0 Å². The van der Waals surface area contributed by atoms with Gasteiger partial charge in [-0.2, -0.15) is 0 Å². The zero-order valence-corrected chi connectivity index (χ0v) is 25.4. The first-order valence-corrected chi connectivity index (χ1v) is 14.5. The molecule has 0 atom stereocenters. The molecule has 3 aromatic rings. The maximum atomic E-state index is 13.4. The van der Waals surface area contributed by atoms with Gasteiger partial charge in [0.25, 0.3) is 11.8 Å². The predicted octanol–water partition coefficient (Wildman–Crippen LogP) is 6.28. The van der Waals surface area contributed by atoms with E-state index in [9.17, 15) is 14.4 Å². The molecule has 9 nitrogen and oxygen atoms in total. The lowest BCUT2D eigenvalue weighted by Crippen LogP contribution is -2.53. The number of amides is 4. The fraction of sp³-hybridized carbons (Fsp3) is 0.281. The molecule has 1 fully saturated rings. The SMILES string of the molecule is CCCOc1ccc(CN2C(=O)NC(=O)/C(=C\c3cc(Br)c(OCc4ccccc4)c(OCC)c3)C2=O)cc1OCC. The lowest BCUT2D eigenvalue weighted by Gasteiger charge is -2.26. The number of halogens is 1. The van der Waals surface area contributed by atoms with Gasteiger partial charge in [0.05, 0.1) is 30.8 Å². The molecule has 1 N–H and O–H groups in total. The molecule has 0 spiro atoms. The molecular formula is C32H33BrN2O7. The number of benzene rings is 3. The van der Waals surface area contributed by atoms with Gasteiger partial charge in [0.1, 0.15) is 12.2 Å². The number of rotatable bonds is 13. The molecule has 0 aromatic heterocycles. The molecule has 4 rings (SSSR count). The van der Waals surface area contributed by atoms with Crippen molar-refractivity contribution in [2.75, 3.05) is 19.8 Å². The smallest absolute Gasteiger partial charge is 0.331 e. The van der Waals surface area contributed by atoms with E-state index in [2.05, 4.69) is 21.2 Å². The average Bonchev–Trinajstić information content (AvgIpc) is 2.97. The van der Waals surface area contributed by atoms with E-state index in [0.717, 1.165) is 16.9 Å². The minimum Gasteiger partial charge on any atom is -0.490 e. The summed E-state index contributed by atoms with van der Waals surface area (Å²) in [7, 11) is 0. The van der Waals surface area contributed by atoms with E-state index in [4.69, 9.17) is 18.9 Å². The van der Waals surface area contributed by atoms with Gasteiger partial charge in [-0.1, -0.05) is 43.3 Å². The molecule has 0 saturated carbocycles. The Hall–Kier alpha value is -4.31. The van der Waals surface area contributed by atoms with Crippen LogP contribution in [0.15, 0.2) is 70.7 Å². The molecule has 1 aliphatic heterocycles. The van der Waals surface area contributed by atoms with Gasteiger partial charge in [0.15, 0.2) is 23.0 Å². The van der Waals surface area contributed by atoms with Gasteiger partial charge in [0.2, 0.25) is 0 Å². The molecule has 0 bridgehead atoms. The summed E-state index contributed by atoms with van der Waals surface area (Å²) in [5, 5.41) is 2.27. The first kappa shape index (κ1) is 30.6. The maximum Gasteiger partial charge on any atom is 0.331 e. The van der Waals surface area contributed by atoms with Crippen molar-refractivity contribution in [1.82, 2.24) is 10.2 Å². The van der Waals surface area contributed by atoms with Crippen molar-refractivity contribution in [3.63, 3.8) is 0 Å². The van der Waals surface area contributed by atoms with Crippen LogP contribution in [0.3, 0.4) is 0 Å². The summed E-state index contributed by atoms with van der Waals surface area (Å²) < 4.78 is 23.9. The van der Waals surface area contributed by atoms with Gasteiger partial charge in [0, 0.05) is 0 Å². The number of hydrogen-bond donors (Lipinski definition) is 1. The topological polar surface area (TPSA) is 103 Å². The van der Waals surface area contributed by atoms with Crippen molar-refractivity contribution in [3.05, 3.63) is 87.4 Å². The average molecular weight is 638 g/mol. The summed E-state index contributed by atoms with van der Waals surface area (Å²) in [6.45, 7) is 7.31. The quantitative estimate of drug-likeness (QED) is 0.174. The van der Waals surface area contributed by atoms with E-state index < -0.39 is 17.8 Å². The molecule has 10 heteroatoms. The van der Waals surface area contributed by atoms with Crippen LogP contribution in [0.25, 0.3) is 6.08 Å². The van der Waals surface area contributed by atoms with E-state index in [1.54, 1.807) is 30.3 Å². The van der Waals surface area contributed by atoms with Gasteiger partial charge in [-0.05, 0) is 83.2 Å². The van der Waals surface area contributed by atoms with Crippen LogP contribution in [-0.2, 0) is 22.7 Å². The van der Waals surface area contributed by atoms with Gasteiger partial charge in [-0.3, -0.25) is 19.8 Å². The van der Waals surface area contributed by atoms with Crippen molar-refractivity contribution in [1.29, 1.82) is 0 Å². The van der Waals surface area contributed by atoms with Crippen molar-refractivity contribution in [3.8, 4) is 23.0 Å². The van der Waals surface area contributed by atoms with E-state index in [-0.39, 0.29) is 12.1 Å². The van der Waals surface area contributed by atoms with Crippen LogP contribution in [0.5, 0.6) is 23.0 Å². The van der Waals surface area contributed by atoms with Crippen LogP contribution in [0.1, 0.15) is 43.9 Å². The fourth-order valence-electron chi connectivity index (χ4n) is 4.24. The molecule has 0 unspecified atom stereocenters. The van der Waals surface area contributed by atoms with E-state index in [1.807, 2.05) is 51.1 Å². The Morgan fingerprint density at radius 2 is 1.55 bits per heavy atom. The normalized spacial score (nSPS) is 14.1. The van der Waals surface area contributed by atoms with Crippen molar-refractivity contribution in [2.45, 2.75) is 40.3 Å². The van der Waals surface area contributed by atoms with E-state index in [0.29, 0.717) is 65.0 Å². The second kappa shape index (κ2) is 14.5. The number of nitrogens with zero attached hydrogens (tertiary/aromatic N) is 1. The molecule has 220 valence electrons. The lowest BCUT2D eigenvalue weighted by molar-refractivity contribution is -0.130. The highest BCUT2D eigenvalue weighted by Gasteiger charge is 2.36. The zero-order valence-electron chi connectivity index (χ0n) is 23.8. The van der Waals surface area contributed by atoms with Gasteiger partial charge in [-0.15, -0.1) is 0 Å². The first-order chi connectivity index (χ1) is 20.3. The summed E-state index contributed by atoms with van der Waals surface area (Å²) in [6.07, 6.45) is 2.27. The monoisotopic (exact) mass is 636 g/mol. The summed E-state index contributed by atoms with van der Waals surface area (Å²) >= 11 is 3.54. The summed E-state index contributed by atoms with van der Waals surface area (Å²) in [5.41, 5.74) is 1.96. The Labute approximate surface area is 253 Å². The minimum absolute atomic E-state index is 0.0659. The predicted molar refractivity (Wildman–Crippen MR) is 162 cm³/mol. The molecule has 4 amide bonds. The number of barbiturate groups is 1. The Morgan fingerprint density at radius 1 is 0.810 bits per heavy atom. The van der Waals surface area contributed by atoms with Gasteiger partial charge >= 0.3 is 6.03 Å². The van der Waals surface area contributed by atoms with Crippen molar-refractivity contribution < 1.29 is 33.3 Å². The third kappa shape index (κ3) is 7.50. The second-order valence-electron chi connectivity index (χ2n) is 9.31. The van der Waals surface area contributed by atoms with Crippen LogP contribution >= 0.6 is 15.9 Å². The number of carbonyl (C=O) groups is 3. The number of urea groups is 1. The van der Waals surface area contributed by atoms with Crippen LogP contribution in [0.2, 0.25) is 0 Å². The molecule has 1 saturated heterocycles. The fourth-order valence-corrected chi connectivity index (χ4v) is 4.82. The summed E-state index contributed by atoms with van der Waals surface area (Å²) in [6, 6.07) is 17.6. The molecule has 42 heavy (non-hydrogen) atoms. The van der Waals surface area contributed by atoms with E-state index in [1.165, 1.54) is 6.08 Å². The third-order valence-corrected chi connectivity index (χ3v) is 6.75. The van der Waals surface area contributed by atoms with Gasteiger partial charge < -0.3 is 18.9 Å². The Balaban J connectivity index is 1.59. The number of hydrogen-bond acceptors (Lipinski definition) is 7. The molecule has 1 aliphatic rings. The second-order valence-corrected chi connectivity index (χ2v) is 10.2. The highest BCUT2D eigenvalue weighted by molar-refractivity contribution is 9.10. The molecule has 0 aliphatic carbocycles. The Morgan fingerprint density at radius 3 is 2.26 bits per heavy atom. The maximum absolute atomic E-state index is 13.4. The largest absolute Gasteiger partial charge is 0.490 e. The molecular weight excluding hydrogens is 604 g/mol. The minimum atomic E-state index is -0.799. The number of carbonyl (C=O) groups excluding carboxylic acids is 3. The van der Waals surface area contributed by atoms with Crippen molar-refractivity contribution in [2.24, 2.45) is 0 Å². The standard InChI is InChI=1S/C32H33BrN2O7/c1-4-14-41-26-13-12-22(17-27(26)39-5-2)19-35-31(37)24(30(36)34-32(35)38)15-23-16-25(33)29(28(18-23)40-6-3)42-20-21-10-8-7-9-11-21/h7-13,15-18H,4-6,14,19-20H2,1-3H3,(H,34,36,38)/b24-15+. The highest BCUT2D eigenvalue weighted by Crippen LogP contribution is 2.38. The summed E-state index contributed by atoms with van der Waals surface area (Å²) in [4.78, 5) is 39.9. The number of imide groups is 2.